The quantitative estimate of drug-likeness (QED) is 0.861. The first-order chi connectivity index (χ1) is 9.26. The molecule has 6 heteroatoms. The van der Waals surface area contributed by atoms with Gasteiger partial charge in [0.05, 0.1) is 12.1 Å². The molecule has 0 saturated carbocycles. The van der Waals surface area contributed by atoms with Crippen molar-refractivity contribution in [2.45, 2.75) is 19.4 Å². The van der Waals surface area contributed by atoms with Gasteiger partial charge in [0.15, 0.2) is 0 Å². The van der Waals surface area contributed by atoms with Gasteiger partial charge < -0.3 is 9.78 Å². The van der Waals surface area contributed by atoms with Crippen LogP contribution in [0.15, 0.2) is 16.2 Å². The topological polar surface area (TPSA) is 66.1 Å². The number of aromatic nitrogens is 2. The van der Waals surface area contributed by atoms with Crippen LogP contribution in [0.3, 0.4) is 0 Å². The van der Waals surface area contributed by atoms with Crippen LogP contribution in [0.4, 0.5) is 0 Å². The summed E-state index contributed by atoms with van der Waals surface area (Å²) in [6, 6.07) is 1.87. The van der Waals surface area contributed by atoms with Crippen LogP contribution in [0, 0.1) is 5.92 Å². The first kappa shape index (κ1) is 12.5. The van der Waals surface area contributed by atoms with Crippen molar-refractivity contribution < 1.29 is 4.79 Å². The van der Waals surface area contributed by atoms with Crippen LogP contribution < -0.4 is 5.56 Å². The van der Waals surface area contributed by atoms with E-state index in [2.05, 4.69) is 14.9 Å². The Hall–Kier alpha value is -1.53. The van der Waals surface area contributed by atoms with Crippen LogP contribution in [0.25, 0.3) is 10.2 Å². The molecular weight excluding hydrogens is 262 g/mol. The average Bonchev–Trinajstić information content (AvgIpc) is 2.88. The van der Waals surface area contributed by atoms with Gasteiger partial charge in [0.25, 0.3) is 5.56 Å². The number of thiophene rings is 1. The maximum absolute atomic E-state index is 11.9. The van der Waals surface area contributed by atoms with Crippen molar-refractivity contribution in [3.63, 3.8) is 0 Å². The Labute approximate surface area is 114 Å². The van der Waals surface area contributed by atoms with Gasteiger partial charge in [0.1, 0.15) is 16.8 Å². The SMILES string of the molecule is O=CC1CCN(Cc2nc3ccsc3c(=O)[nH]2)CC1. The van der Waals surface area contributed by atoms with Crippen molar-refractivity contribution in [2.24, 2.45) is 5.92 Å². The molecule has 0 spiro atoms. The van der Waals surface area contributed by atoms with Crippen LogP contribution in [0.2, 0.25) is 0 Å². The fraction of sp³-hybridized carbons (Fsp3) is 0.462. The van der Waals surface area contributed by atoms with Crippen LogP contribution in [-0.4, -0.2) is 34.2 Å². The summed E-state index contributed by atoms with van der Waals surface area (Å²) >= 11 is 1.41. The fourth-order valence-electron chi connectivity index (χ4n) is 2.46. The lowest BCUT2D eigenvalue weighted by atomic mass is 9.99. The summed E-state index contributed by atoms with van der Waals surface area (Å²) in [5.74, 6) is 0.906. The zero-order valence-electron chi connectivity index (χ0n) is 10.5. The van der Waals surface area contributed by atoms with Gasteiger partial charge in [-0.15, -0.1) is 11.3 Å². The molecule has 0 aromatic carbocycles. The molecule has 0 amide bonds. The van der Waals surface area contributed by atoms with Crippen molar-refractivity contribution in [2.75, 3.05) is 13.1 Å². The molecule has 19 heavy (non-hydrogen) atoms. The summed E-state index contributed by atoms with van der Waals surface area (Å²) in [6.07, 6.45) is 2.84. The summed E-state index contributed by atoms with van der Waals surface area (Å²) < 4.78 is 0.684. The predicted molar refractivity (Wildman–Crippen MR) is 74.3 cm³/mol. The predicted octanol–water partition coefficient (Wildman–Crippen LogP) is 1.40. The van der Waals surface area contributed by atoms with Crippen LogP contribution in [-0.2, 0) is 11.3 Å². The lowest BCUT2D eigenvalue weighted by Crippen LogP contribution is -2.34. The van der Waals surface area contributed by atoms with Crippen molar-refractivity contribution in [3.8, 4) is 0 Å². The highest BCUT2D eigenvalue weighted by atomic mass is 32.1. The molecule has 0 radical (unpaired) electrons. The first-order valence-electron chi connectivity index (χ1n) is 6.40. The molecule has 0 unspecified atom stereocenters. The molecule has 2 aromatic heterocycles. The first-order valence-corrected chi connectivity index (χ1v) is 7.28. The number of piperidine rings is 1. The van der Waals surface area contributed by atoms with Crippen molar-refractivity contribution in [3.05, 3.63) is 27.6 Å². The minimum absolute atomic E-state index is 0.0576. The number of hydrogen-bond donors (Lipinski definition) is 1. The number of carbonyl (C=O) groups excluding carboxylic acids is 1. The van der Waals surface area contributed by atoms with Crippen molar-refractivity contribution in [1.82, 2.24) is 14.9 Å². The molecule has 2 aromatic rings. The van der Waals surface area contributed by atoms with E-state index >= 15 is 0 Å². The highest BCUT2D eigenvalue weighted by Gasteiger charge is 2.19. The Morgan fingerprint density at radius 1 is 1.47 bits per heavy atom. The molecule has 5 nitrogen and oxygen atoms in total. The molecule has 0 bridgehead atoms. The molecule has 0 aliphatic carbocycles. The number of aldehydes is 1. The number of rotatable bonds is 3. The van der Waals surface area contributed by atoms with Gasteiger partial charge in [0, 0.05) is 5.92 Å². The van der Waals surface area contributed by atoms with Gasteiger partial charge in [0.2, 0.25) is 0 Å². The van der Waals surface area contributed by atoms with Crippen LogP contribution in [0.5, 0.6) is 0 Å². The molecule has 3 heterocycles. The Morgan fingerprint density at radius 3 is 3.00 bits per heavy atom. The van der Waals surface area contributed by atoms with Crippen LogP contribution in [0.1, 0.15) is 18.7 Å². The highest BCUT2D eigenvalue weighted by Crippen LogP contribution is 2.17. The number of nitrogens with one attached hydrogen (secondary N) is 1. The standard InChI is InChI=1S/C13H15N3O2S/c17-8-9-1-4-16(5-2-9)7-11-14-10-3-6-19-12(10)13(18)15-11/h3,6,8-9H,1-2,4-5,7H2,(H,14,15,18). The monoisotopic (exact) mass is 277 g/mol. The third-order valence-corrected chi connectivity index (χ3v) is 4.46. The second-order valence-corrected chi connectivity index (χ2v) is 5.81. The lowest BCUT2D eigenvalue weighted by Gasteiger charge is -2.28. The Balaban J connectivity index is 1.75. The maximum atomic E-state index is 11.9. The van der Waals surface area contributed by atoms with Gasteiger partial charge in [-0.05, 0) is 37.4 Å². The Kier molecular flexibility index (Phi) is 3.44. The third-order valence-electron chi connectivity index (χ3n) is 3.56. The molecule has 1 N–H and O–H groups in total. The minimum atomic E-state index is -0.0576. The Bertz CT molecular complexity index is 641. The number of fused-ring (bicyclic) bond motifs is 1. The van der Waals surface area contributed by atoms with Gasteiger partial charge in [-0.25, -0.2) is 4.98 Å². The molecular formula is C13H15N3O2S. The number of carbonyl (C=O) groups is 1. The largest absolute Gasteiger partial charge is 0.308 e. The number of likely N-dealkylation sites (tertiary alicyclic amines) is 1. The number of hydrogen-bond acceptors (Lipinski definition) is 5. The number of aromatic amines is 1. The second kappa shape index (κ2) is 5.22. The maximum Gasteiger partial charge on any atom is 0.268 e. The van der Waals surface area contributed by atoms with E-state index in [1.54, 1.807) is 0 Å². The summed E-state index contributed by atoms with van der Waals surface area (Å²) in [5.41, 5.74) is 0.712. The van der Waals surface area contributed by atoms with E-state index in [4.69, 9.17) is 0 Å². The van der Waals surface area contributed by atoms with Gasteiger partial charge >= 0.3 is 0 Å². The average molecular weight is 277 g/mol. The van der Waals surface area contributed by atoms with Crippen molar-refractivity contribution >= 4 is 27.8 Å². The van der Waals surface area contributed by atoms with E-state index in [9.17, 15) is 9.59 Å². The minimum Gasteiger partial charge on any atom is -0.308 e. The highest BCUT2D eigenvalue weighted by molar-refractivity contribution is 7.17. The van der Waals surface area contributed by atoms with Gasteiger partial charge in [-0.1, -0.05) is 0 Å². The molecule has 0 atom stereocenters. The van der Waals surface area contributed by atoms with Gasteiger partial charge in [-0.2, -0.15) is 0 Å². The summed E-state index contributed by atoms with van der Waals surface area (Å²) in [6.45, 7) is 2.41. The van der Waals surface area contributed by atoms with E-state index < -0.39 is 0 Å². The smallest absolute Gasteiger partial charge is 0.268 e. The summed E-state index contributed by atoms with van der Waals surface area (Å²) in [5, 5.41) is 1.88. The zero-order chi connectivity index (χ0) is 13.2. The molecule has 1 aliphatic rings. The van der Waals surface area contributed by atoms with E-state index in [1.165, 1.54) is 11.3 Å². The third kappa shape index (κ3) is 2.59. The van der Waals surface area contributed by atoms with E-state index in [0.717, 1.165) is 37.7 Å². The molecule has 3 rings (SSSR count). The second-order valence-electron chi connectivity index (χ2n) is 4.90. The lowest BCUT2D eigenvalue weighted by molar-refractivity contribution is -0.112. The molecule has 1 fully saturated rings. The fourth-order valence-corrected chi connectivity index (χ4v) is 3.18. The summed E-state index contributed by atoms with van der Waals surface area (Å²) in [7, 11) is 0. The van der Waals surface area contributed by atoms with E-state index in [1.807, 2.05) is 11.4 Å². The van der Waals surface area contributed by atoms with Gasteiger partial charge in [-0.3, -0.25) is 9.69 Å². The zero-order valence-corrected chi connectivity index (χ0v) is 11.3. The number of H-pyrrole nitrogens is 1. The van der Waals surface area contributed by atoms with E-state index in [0.29, 0.717) is 17.1 Å². The normalized spacial score (nSPS) is 17.9. The summed E-state index contributed by atoms with van der Waals surface area (Å²) in [4.78, 5) is 32.1. The Morgan fingerprint density at radius 2 is 2.26 bits per heavy atom. The number of nitrogens with zero attached hydrogens (tertiary/aromatic N) is 2. The molecule has 1 saturated heterocycles. The van der Waals surface area contributed by atoms with Crippen molar-refractivity contribution in [1.29, 1.82) is 0 Å². The van der Waals surface area contributed by atoms with E-state index in [-0.39, 0.29) is 11.5 Å². The molecule has 1 aliphatic heterocycles. The molecule has 100 valence electrons. The van der Waals surface area contributed by atoms with Crippen LogP contribution >= 0.6 is 11.3 Å².